The molecular formula is C26H28INO5S. The van der Waals surface area contributed by atoms with Crippen molar-refractivity contribution in [3.63, 3.8) is 0 Å². The number of carbonyl (C=O) groups is 1. The number of methoxy groups -OCH3 is 1. The molecule has 0 aliphatic rings. The fourth-order valence-electron chi connectivity index (χ4n) is 4.08. The Balaban J connectivity index is 2.20. The molecule has 0 radical (unpaired) electrons. The normalized spacial score (nSPS) is 12.5. The fraction of sp³-hybridized carbons (Fsp3) is 0.269. The van der Waals surface area contributed by atoms with Gasteiger partial charge in [-0.3, -0.25) is 4.79 Å². The third-order valence-corrected chi connectivity index (χ3v) is 8.71. The molecule has 0 aliphatic heterocycles. The predicted molar refractivity (Wildman–Crippen MR) is 141 cm³/mol. The SMILES string of the molecule is COc1cc(C)c(S(=O)(=O)N(Cc2cccc(I)c2)C(Cc2ccccc2)C(=O)O)c(C)c1C. The van der Waals surface area contributed by atoms with E-state index in [1.54, 1.807) is 46.1 Å². The van der Waals surface area contributed by atoms with Crippen LogP contribution in [0.15, 0.2) is 65.6 Å². The van der Waals surface area contributed by atoms with E-state index in [2.05, 4.69) is 22.6 Å². The van der Waals surface area contributed by atoms with Crippen molar-refractivity contribution in [1.82, 2.24) is 4.31 Å². The van der Waals surface area contributed by atoms with Crippen LogP contribution in [0.3, 0.4) is 0 Å². The predicted octanol–water partition coefficient (Wildman–Crippen LogP) is 5.11. The summed E-state index contributed by atoms with van der Waals surface area (Å²) >= 11 is 2.16. The molecule has 34 heavy (non-hydrogen) atoms. The second-order valence-corrected chi connectivity index (χ2v) is 11.3. The van der Waals surface area contributed by atoms with Gasteiger partial charge in [-0.2, -0.15) is 4.31 Å². The molecule has 3 aromatic rings. The molecule has 0 saturated carbocycles. The van der Waals surface area contributed by atoms with Crippen molar-refractivity contribution in [1.29, 1.82) is 0 Å². The quantitative estimate of drug-likeness (QED) is 0.349. The lowest BCUT2D eigenvalue weighted by Crippen LogP contribution is -2.46. The van der Waals surface area contributed by atoms with Crippen molar-refractivity contribution >= 4 is 38.6 Å². The highest BCUT2D eigenvalue weighted by Crippen LogP contribution is 2.34. The largest absolute Gasteiger partial charge is 0.496 e. The molecular weight excluding hydrogens is 565 g/mol. The maximum absolute atomic E-state index is 14.2. The van der Waals surface area contributed by atoms with Gasteiger partial charge in [0.1, 0.15) is 11.8 Å². The van der Waals surface area contributed by atoms with Gasteiger partial charge in [0.05, 0.1) is 12.0 Å². The lowest BCUT2D eigenvalue weighted by molar-refractivity contribution is -0.141. The molecule has 0 saturated heterocycles. The van der Waals surface area contributed by atoms with E-state index in [9.17, 15) is 18.3 Å². The average molecular weight is 593 g/mol. The summed E-state index contributed by atoms with van der Waals surface area (Å²) in [6, 6.07) is 16.9. The maximum atomic E-state index is 14.2. The highest BCUT2D eigenvalue weighted by atomic mass is 127. The van der Waals surface area contributed by atoms with E-state index in [0.29, 0.717) is 22.4 Å². The van der Waals surface area contributed by atoms with Crippen molar-refractivity contribution in [3.8, 4) is 5.75 Å². The van der Waals surface area contributed by atoms with Crippen LogP contribution in [-0.2, 0) is 27.8 Å². The maximum Gasteiger partial charge on any atom is 0.322 e. The number of carboxylic acids is 1. The minimum absolute atomic E-state index is 0.0482. The number of halogens is 1. The first-order valence-corrected chi connectivity index (χ1v) is 13.3. The lowest BCUT2D eigenvalue weighted by Gasteiger charge is -2.30. The number of rotatable bonds is 9. The summed E-state index contributed by atoms with van der Waals surface area (Å²) in [5, 5.41) is 10.2. The zero-order valence-electron chi connectivity index (χ0n) is 19.6. The van der Waals surface area contributed by atoms with Gasteiger partial charge in [-0.25, -0.2) is 8.42 Å². The van der Waals surface area contributed by atoms with Gasteiger partial charge in [0, 0.05) is 10.1 Å². The number of aryl methyl sites for hydroxylation is 1. The summed E-state index contributed by atoms with van der Waals surface area (Å²) in [5.41, 5.74) is 3.23. The van der Waals surface area contributed by atoms with Crippen LogP contribution in [0, 0.1) is 24.3 Å². The van der Waals surface area contributed by atoms with Gasteiger partial charge in [-0.1, -0.05) is 42.5 Å². The van der Waals surface area contributed by atoms with E-state index in [1.165, 1.54) is 0 Å². The van der Waals surface area contributed by atoms with E-state index < -0.39 is 22.0 Å². The van der Waals surface area contributed by atoms with Crippen molar-refractivity contribution in [2.75, 3.05) is 7.11 Å². The van der Waals surface area contributed by atoms with E-state index in [1.807, 2.05) is 42.5 Å². The van der Waals surface area contributed by atoms with Crippen LogP contribution >= 0.6 is 22.6 Å². The third-order valence-electron chi connectivity index (χ3n) is 5.90. The molecule has 0 bridgehead atoms. The number of sulfonamides is 1. The molecule has 0 amide bonds. The Morgan fingerprint density at radius 3 is 2.24 bits per heavy atom. The molecule has 1 atom stereocenters. The molecule has 0 fully saturated rings. The zero-order valence-corrected chi connectivity index (χ0v) is 22.6. The van der Waals surface area contributed by atoms with Crippen molar-refractivity contribution < 1.29 is 23.1 Å². The Hall–Kier alpha value is -2.43. The monoisotopic (exact) mass is 593 g/mol. The van der Waals surface area contributed by atoms with Crippen molar-refractivity contribution in [2.24, 2.45) is 0 Å². The average Bonchev–Trinajstić information content (AvgIpc) is 2.79. The van der Waals surface area contributed by atoms with Gasteiger partial charge >= 0.3 is 5.97 Å². The number of carboxylic acid groups (broad SMARTS) is 1. The highest BCUT2D eigenvalue weighted by Gasteiger charge is 2.38. The van der Waals surface area contributed by atoms with Gasteiger partial charge < -0.3 is 9.84 Å². The lowest BCUT2D eigenvalue weighted by atomic mass is 10.1. The molecule has 1 N–H and O–H groups in total. The second kappa shape index (κ2) is 10.9. The summed E-state index contributed by atoms with van der Waals surface area (Å²) in [4.78, 5) is 12.6. The second-order valence-electron chi connectivity index (χ2n) is 8.20. The van der Waals surface area contributed by atoms with Crippen LogP contribution in [0.1, 0.15) is 27.8 Å². The number of nitrogens with zero attached hydrogens (tertiary/aromatic N) is 1. The first kappa shape index (κ1) is 26.2. The summed E-state index contributed by atoms with van der Waals surface area (Å²) in [5.74, 6) is -0.601. The molecule has 0 aromatic heterocycles. The Bertz CT molecular complexity index is 1290. The highest BCUT2D eigenvalue weighted by molar-refractivity contribution is 14.1. The number of aliphatic carboxylic acids is 1. The van der Waals surface area contributed by atoms with Gasteiger partial charge in [0.2, 0.25) is 10.0 Å². The minimum atomic E-state index is -4.19. The van der Waals surface area contributed by atoms with Gasteiger partial charge in [0.25, 0.3) is 0 Å². The van der Waals surface area contributed by atoms with E-state index >= 15 is 0 Å². The summed E-state index contributed by atoms with van der Waals surface area (Å²) < 4.78 is 35.8. The zero-order chi connectivity index (χ0) is 25.0. The Labute approximate surface area is 214 Å². The first-order valence-electron chi connectivity index (χ1n) is 10.7. The number of hydrogen-bond acceptors (Lipinski definition) is 4. The summed E-state index contributed by atoms with van der Waals surface area (Å²) in [6.45, 7) is 5.18. The minimum Gasteiger partial charge on any atom is -0.496 e. The Kier molecular flexibility index (Phi) is 8.38. The smallest absolute Gasteiger partial charge is 0.322 e. The van der Waals surface area contributed by atoms with Gasteiger partial charge in [0.15, 0.2) is 0 Å². The van der Waals surface area contributed by atoms with Crippen LogP contribution in [0.4, 0.5) is 0 Å². The topological polar surface area (TPSA) is 83.9 Å². The summed E-state index contributed by atoms with van der Waals surface area (Å²) in [7, 11) is -2.65. The van der Waals surface area contributed by atoms with Crippen LogP contribution in [0.2, 0.25) is 0 Å². The fourth-order valence-corrected chi connectivity index (χ4v) is 6.74. The molecule has 3 aromatic carbocycles. The molecule has 1 unspecified atom stereocenters. The Morgan fingerprint density at radius 1 is 1.00 bits per heavy atom. The van der Waals surface area contributed by atoms with Crippen molar-refractivity contribution in [2.45, 2.75) is 44.7 Å². The van der Waals surface area contributed by atoms with Crippen LogP contribution < -0.4 is 4.74 Å². The third kappa shape index (κ3) is 5.61. The van der Waals surface area contributed by atoms with Crippen LogP contribution in [0.25, 0.3) is 0 Å². The molecule has 6 nitrogen and oxygen atoms in total. The van der Waals surface area contributed by atoms with Gasteiger partial charge in [-0.05, 0) is 95.8 Å². The van der Waals surface area contributed by atoms with E-state index in [-0.39, 0.29) is 17.9 Å². The number of ether oxygens (including phenoxy) is 1. The van der Waals surface area contributed by atoms with E-state index in [0.717, 1.165) is 19.0 Å². The van der Waals surface area contributed by atoms with E-state index in [4.69, 9.17) is 4.74 Å². The Morgan fingerprint density at radius 2 is 1.65 bits per heavy atom. The standard InChI is InChI=1S/C26H28INO5S/c1-17-13-24(33-4)18(2)19(3)25(17)34(31,32)28(16-21-11-8-12-22(27)14-21)23(26(29)30)15-20-9-6-5-7-10-20/h5-14,23H,15-16H2,1-4H3,(H,29,30). The van der Waals surface area contributed by atoms with Crippen LogP contribution in [0.5, 0.6) is 5.75 Å². The molecule has 0 aliphatic carbocycles. The number of hydrogen-bond donors (Lipinski definition) is 1. The number of benzene rings is 3. The molecule has 180 valence electrons. The molecule has 8 heteroatoms. The molecule has 0 spiro atoms. The molecule has 0 heterocycles. The molecule has 3 rings (SSSR count). The van der Waals surface area contributed by atoms with Gasteiger partial charge in [-0.15, -0.1) is 0 Å². The summed E-state index contributed by atoms with van der Waals surface area (Å²) in [6.07, 6.45) is 0.0482. The van der Waals surface area contributed by atoms with Crippen molar-refractivity contribution in [3.05, 3.63) is 92.1 Å². The van der Waals surface area contributed by atoms with Crippen LogP contribution in [-0.4, -0.2) is 37.0 Å². The first-order chi connectivity index (χ1) is 16.1.